The Morgan fingerprint density at radius 3 is 2.48 bits per heavy atom. The number of imidazole rings is 1. The Labute approximate surface area is 230 Å². The van der Waals surface area contributed by atoms with Crippen LogP contribution in [-0.2, 0) is 0 Å². The van der Waals surface area contributed by atoms with E-state index in [9.17, 15) is 0 Å². The van der Waals surface area contributed by atoms with Gasteiger partial charge >= 0.3 is 0 Å². The van der Waals surface area contributed by atoms with Crippen LogP contribution in [0.4, 0.5) is 15.8 Å². The van der Waals surface area contributed by atoms with Gasteiger partial charge in [-0.15, -0.1) is 0 Å². The summed E-state index contributed by atoms with van der Waals surface area (Å²) in [6, 6.07) is 11.5. The molecule has 4 aromatic heterocycles. The third-order valence-electron chi connectivity index (χ3n) is 6.65. The number of benzene rings is 1. The first-order chi connectivity index (χ1) is 19.4. The Morgan fingerprint density at radius 1 is 0.900 bits per heavy atom. The summed E-state index contributed by atoms with van der Waals surface area (Å²) in [7, 11) is 0. The lowest BCUT2D eigenvalue weighted by Gasteiger charge is -2.18. The Morgan fingerprint density at radius 2 is 1.70 bits per heavy atom. The lowest BCUT2D eigenvalue weighted by Crippen LogP contribution is -2.40. The molecule has 0 bridgehead atoms. The third kappa shape index (κ3) is 4.54. The Kier molecular flexibility index (Phi) is 6.24. The van der Waals surface area contributed by atoms with E-state index in [1.54, 1.807) is 43.4 Å². The molecule has 0 atom stereocenters. The number of aromatic nitrogens is 5. The fraction of sp³-hybridized carbons (Fsp3) is 0.0645. The van der Waals surface area contributed by atoms with E-state index in [0.29, 0.717) is 38.9 Å². The fourth-order valence-electron chi connectivity index (χ4n) is 4.53. The van der Waals surface area contributed by atoms with Crippen molar-refractivity contribution in [2.45, 2.75) is 13.8 Å². The van der Waals surface area contributed by atoms with Crippen LogP contribution in [0.25, 0.3) is 28.3 Å². The van der Waals surface area contributed by atoms with Crippen LogP contribution in [0.3, 0.4) is 0 Å². The first kappa shape index (κ1) is 24.9. The molecule has 0 fully saturated rings. The molecule has 5 heterocycles. The molecular formula is C31H25FN8. The summed E-state index contributed by atoms with van der Waals surface area (Å²) in [6.07, 6.45) is 11.9. The number of hydrogen-bond acceptors (Lipinski definition) is 7. The molecule has 0 amide bonds. The molecule has 0 aliphatic carbocycles. The Hall–Kier alpha value is -5.44. The summed E-state index contributed by atoms with van der Waals surface area (Å²) < 4.78 is 17.8. The largest absolute Gasteiger partial charge is 0.354 e. The molecule has 1 aliphatic rings. The topological polar surface area (TPSA) is 92.9 Å². The number of anilines is 2. The molecule has 0 spiro atoms. The van der Waals surface area contributed by atoms with Gasteiger partial charge in [-0.1, -0.05) is 43.5 Å². The second-order valence-corrected chi connectivity index (χ2v) is 9.43. The maximum Gasteiger partial charge on any atom is 0.161 e. The van der Waals surface area contributed by atoms with E-state index in [4.69, 9.17) is 0 Å². The van der Waals surface area contributed by atoms with Gasteiger partial charge in [-0.2, -0.15) is 0 Å². The van der Waals surface area contributed by atoms with Crippen molar-refractivity contribution in [2.24, 2.45) is 4.99 Å². The standard InChI is InChI=1S/C31H25FN8/c1-18-16-40(17-36-18)27-15-34-13-25(19(27)2)38-21(4)30-28-26(39-30)14-35-31(29(28)32)23-10-24(12-33-11-23)37-20(3)22-8-6-5-7-9-22/h5-17,37-38H,3-4H2,1-2H3. The minimum Gasteiger partial charge on any atom is -0.354 e. The molecule has 0 unspecified atom stereocenters. The zero-order valence-electron chi connectivity index (χ0n) is 22.0. The summed E-state index contributed by atoms with van der Waals surface area (Å²) in [5.74, 6) is -0.483. The molecule has 196 valence electrons. The molecule has 0 saturated carbocycles. The SMILES string of the molecule is C=C(Nc1cncc(-n2cnc(C)c2)c1C)C1=c2c(F)c(-c3cncc(NC(=C)c4ccccc4)c3)ncc2=N1. The number of pyridine rings is 3. The van der Waals surface area contributed by atoms with Crippen molar-refractivity contribution in [3.63, 3.8) is 0 Å². The average Bonchev–Trinajstić information content (AvgIpc) is 3.37. The van der Waals surface area contributed by atoms with E-state index in [1.165, 1.54) is 0 Å². The molecule has 0 radical (unpaired) electrons. The Bertz CT molecular complexity index is 1930. The number of aryl methyl sites for hydroxylation is 1. The normalized spacial score (nSPS) is 11.7. The van der Waals surface area contributed by atoms with Crippen molar-refractivity contribution >= 4 is 22.8 Å². The van der Waals surface area contributed by atoms with Gasteiger partial charge in [-0.25, -0.2) is 14.4 Å². The lowest BCUT2D eigenvalue weighted by molar-refractivity contribution is 0.609. The van der Waals surface area contributed by atoms with Gasteiger partial charge in [0.25, 0.3) is 0 Å². The second-order valence-electron chi connectivity index (χ2n) is 9.43. The molecule has 0 saturated heterocycles. The maximum absolute atomic E-state index is 15.9. The zero-order chi connectivity index (χ0) is 27.8. The molecule has 6 rings (SSSR count). The highest BCUT2D eigenvalue weighted by molar-refractivity contribution is 5.78. The van der Waals surface area contributed by atoms with Crippen LogP contribution in [0.1, 0.15) is 16.8 Å². The van der Waals surface area contributed by atoms with E-state index in [0.717, 1.165) is 28.2 Å². The van der Waals surface area contributed by atoms with Crippen LogP contribution in [0, 0.1) is 19.7 Å². The van der Waals surface area contributed by atoms with Crippen LogP contribution < -0.4 is 21.2 Å². The smallest absolute Gasteiger partial charge is 0.161 e. The molecular weight excluding hydrogens is 503 g/mol. The van der Waals surface area contributed by atoms with Crippen LogP contribution in [0.2, 0.25) is 0 Å². The first-order valence-corrected chi connectivity index (χ1v) is 12.5. The highest BCUT2D eigenvalue weighted by Crippen LogP contribution is 2.26. The number of rotatable bonds is 8. The monoisotopic (exact) mass is 528 g/mol. The average molecular weight is 529 g/mol. The molecule has 2 N–H and O–H groups in total. The quantitative estimate of drug-likeness (QED) is 0.297. The van der Waals surface area contributed by atoms with Gasteiger partial charge in [0.1, 0.15) is 5.69 Å². The van der Waals surface area contributed by atoms with Crippen molar-refractivity contribution in [1.82, 2.24) is 24.5 Å². The predicted octanol–water partition coefficient (Wildman–Crippen LogP) is 4.93. The number of nitrogens with one attached hydrogen (secondary N) is 2. The maximum atomic E-state index is 15.9. The molecule has 8 nitrogen and oxygen atoms in total. The highest BCUT2D eigenvalue weighted by atomic mass is 19.1. The van der Waals surface area contributed by atoms with E-state index in [2.05, 4.69) is 48.7 Å². The van der Waals surface area contributed by atoms with Gasteiger partial charge in [0.2, 0.25) is 0 Å². The molecule has 1 aliphatic heterocycles. The fourth-order valence-corrected chi connectivity index (χ4v) is 4.53. The van der Waals surface area contributed by atoms with Crippen LogP contribution in [-0.4, -0.2) is 24.5 Å². The summed E-state index contributed by atoms with van der Waals surface area (Å²) >= 11 is 0. The van der Waals surface area contributed by atoms with E-state index < -0.39 is 5.82 Å². The minimum atomic E-state index is -0.483. The first-order valence-electron chi connectivity index (χ1n) is 12.5. The van der Waals surface area contributed by atoms with Gasteiger partial charge in [-0.3, -0.25) is 15.0 Å². The highest BCUT2D eigenvalue weighted by Gasteiger charge is 2.21. The minimum absolute atomic E-state index is 0.177. The van der Waals surface area contributed by atoms with Gasteiger partial charge in [0.15, 0.2) is 5.82 Å². The lowest BCUT2D eigenvalue weighted by atomic mass is 10.1. The van der Waals surface area contributed by atoms with E-state index in [1.807, 2.05) is 54.9 Å². The van der Waals surface area contributed by atoms with Crippen LogP contribution in [0.15, 0.2) is 104 Å². The van der Waals surface area contributed by atoms with Crippen molar-refractivity contribution in [3.8, 4) is 16.9 Å². The van der Waals surface area contributed by atoms with Crippen molar-refractivity contribution in [2.75, 3.05) is 10.6 Å². The number of hydrogen-bond donors (Lipinski definition) is 2. The molecule has 5 aromatic rings. The van der Waals surface area contributed by atoms with Crippen molar-refractivity contribution in [3.05, 3.63) is 132 Å². The van der Waals surface area contributed by atoms with E-state index >= 15 is 4.39 Å². The number of nitrogens with zero attached hydrogens (tertiary/aromatic N) is 6. The van der Waals surface area contributed by atoms with Crippen molar-refractivity contribution < 1.29 is 4.39 Å². The van der Waals surface area contributed by atoms with Gasteiger partial charge in [-0.05, 0) is 31.0 Å². The molecule has 40 heavy (non-hydrogen) atoms. The summed E-state index contributed by atoms with van der Waals surface area (Å²) in [6.45, 7) is 12.1. The third-order valence-corrected chi connectivity index (χ3v) is 6.65. The Balaban J connectivity index is 1.28. The number of halogens is 1. The molecule has 9 heteroatoms. The van der Waals surface area contributed by atoms with Crippen molar-refractivity contribution in [1.29, 1.82) is 0 Å². The molecule has 1 aromatic carbocycles. The summed E-state index contributed by atoms with van der Waals surface area (Å²) in [4.78, 5) is 21.7. The van der Waals surface area contributed by atoms with E-state index in [-0.39, 0.29) is 5.69 Å². The van der Waals surface area contributed by atoms with Crippen LogP contribution >= 0.6 is 0 Å². The predicted molar refractivity (Wildman–Crippen MR) is 154 cm³/mol. The summed E-state index contributed by atoms with van der Waals surface area (Å²) in [5, 5.41) is 7.33. The zero-order valence-corrected chi connectivity index (χ0v) is 22.0. The van der Waals surface area contributed by atoms with Gasteiger partial charge in [0, 0.05) is 23.7 Å². The van der Waals surface area contributed by atoms with Gasteiger partial charge in [0.05, 0.1) is 75.8 Å². The van der Waals surface area contributed by atoms with Gasteiger partial charge < -0.3 is 15.2 Å². The number of fused-ring (bicyclic) bond motifs is 1. The van der Waals surface area contributed by atoms with Crippen LogP contribution in [0.5, 0.6) is 0 Å². The summed E-state index contributed by atoms with van der Waals surface area (Å²) in [5.41, 5.74) is 7.38. The second kappa shape index (κ2) is 10.0.